The van der Waals surface area contributed by atoms with E-state index >= 15 is 0 Å². The zero-order chi connectivity index (χ0) is 13.8. The van der Waals surface area contributed by atoms with Gasteiger partial charge in [0.25, 0.3) is 0 Å². The maximum Gasteiger partial charge on any atom is 0.356 e. The van der Waals surface area contributed by atoms with Crippen molar-refractivity contribution >= 4 is 34.1 Å². The summed E-state index contributed by atoms with van der Waals surface area (Å²) in [5, 5.41) is 0. The Labute approximate surface area is 124 Å². The fraction of sp³-hybridized carbons (Fsp3) is 0.231. The molecule has 6 heteroatoms. The average molecular weight is 341 g/mol. The van der Waals surface area contributed by atoms with Crippen LogP contribution < -0.4 is 0 Å². The minimum atomic E-state index is -0.369. The second-order valence-corrected chi connectivity index (χ2v) is 5.21. The molecule has 0 unspecified atom stereocenters. The van der Waals surface area contributed by atoms with Crippen LogP contribution in [-0.2, 0) is 11.3 Å². The van der Waals surface area contributed by atoms with Crippen LogP contribution in [0.2, 0.25) is 0 Å². The zero-order valence-electron chi connectivity index (χ0n) is 10.4. The van der Waals surface area contributed by atoms with Gasteiger partial charge in [-0.15, -0.1) is 0 Å². The van der Waals surface area contributed by atoms with E-state index in [4.69, 9.17) is 17.0 Å². The van der Waals surface area contributed by atoms with Gasteiger partial charge in [-0.1, -0.05) is 28.1 Å². The van der Waals surface area contributed by atoms with Gasteiger partial charge in [0, 0.05) is 10.7 Å². The monoisotopic (exact) mass is 340 g/mol. The van der Waals surface area contributed by atoms with Gasteiger partial charge in [0.15, 0.2) is 4.77 Å². The van der Waals surface area contributed by atoms with Crippen molar-refractivity contribution in [3.8, 4) is 0 Å². The average Bonchev–Trinajstić information content (AvgIpc) is 2.74. The second-order valence-electron chi connectivity index (χ2n) is 3.91. The van der Waals surface area contributed by atoms with Crippen LogP contribution in [0, 0.1) is 4.77 Å². The molecule has 0 saturated carbocycles. The van der Waals surface area contributed by atoms with E-state index in [2.05, 4.69) is 20.9 Å². The molecule has 0 aliphatic carbocycles. The van der Waals surface area contributed by atoms with E-state index in [9.17, 15) is 4.79 Å². The molecule has 0 aliphatic heterocycles. The second kappa shape index (κ2) is 6.16. The number of aromatic amines is 1. The fourth-order valence-electron chi connectivity index (χ4n) is 1.70. The van der Waals surface area contributed by atoms with Crippen LogP contribution in [0.15, 0.2) is 34.9 Å². The van der Waals surface area contributed by atoms with Crippen molar-refractivity contribution in [3.63, 3.8) is 0 Å². The summed E-state index contributed by atoms with van der Waals surface area (Å²) in [6.07, 6.45) is 1.58. The Balaban J connectivity index is 2.29. The first-order valence-corrected chi connectivity index (χ1v) is 7.01. The summed E-state index contributed by atoms with van der Waals surface area (Å²) in [6, 6.07) is 7.87. The molecule has 0 bridgehead atoms. The minimum Gasteiger partial charge on any atom is -0.461 e. The first kappa shape index (κ1) is 14.0. The summed E-state index contributed by atoms with van der Waals surface area (Å²) in [7, 11) is 0. The molecule has 19 heavy (non-hydrogen) atoms. The van der Waals surface area contributed by atoms with Crippen LogP contribution in [0.4, 0.5) is 0 Å². The lowest BCUT2D eigenvalue weighted by molar-refractivity contribution is 0.0514. The highest BCUT2D eigenvalue weighted by Crippen LogP contribution is 2.13. The number of benzene rings is 1. The third-order valence-electron chi connectivity index (χ3n) is 2.61. The van der Waals surface area contributed by atoms with Gasteiger partial charge in [0.05, 0.1) is 13.2 Å². The zero-order valence-corrected chi connectivity index (χ0v) is 12.8. The summed E-state index contributed by atoms with van der Waals surface area (Å²) in [6.45, 7) is 2.65. The quantitative estimate of drug-likeness (QED) is 0.684. The third-order valence-corrected chi connectivity index (χ3v) is 3.47. The van der Waals surface area contributed by atoms with E-state index in [1.54, 1.807) is 17.7 Å². The Hall–Kier alpha value is -1.40. The first-order valence-electron chi connectivity index (χ1n) is 5.81. The van der Waals surface area contributed by atoms with Gasteiger partial charge in [-0.05, 0) is 36.8 Å². The Morgan fingerprint density at radius 2 is 2.11 bits per heavy atom. The number of hydrogen-bond acceptors (Lipinski definition) is 3. The fourth-order valence-corrected chi connectivity index (χ4v) is 2.19. The Kier molecular flexibility index (Phi) is 4.55. The summed E-state index contributed by atoms with van der Waals surface area (Å²) in [5.41, 5.74) is 1.50. The van der Waals surface area contributed by atoms with E-state index < -0.39 is 0 Å². The number of hydrogen-bond donors (Lipinski definition) is 1. The standard InChI is InChI=1S/C13H13BrN2O2S/c1-2-18-12(17)11-7-15-13(19)16(11)8-9-3-5-10(14)6-4-9/h3-7H,2,8H2,1H3,(H,15,19). The van der Waals surface area contributed by atoms with Gasteiger partial charge in [0.1, 0.15) is 5.69 Å². The molecule has 0 aliphatic rings. The smallest absolute Gasteiger partial charge is 0.356 e. The van der Waals surface area contributed by atoms with Gasteiger partial charge in [-0.3, -0.25) is 0 Å². The summed E-state index contributed by atoms with van der Waals surface area (Å²) < 4.78 is 8.26. The predicted octanol–water partition coefficient (Wildman–Crippen LogP) is 3.53. The van der Waals surface area contributed by atoms with E-state index in [-0.39, 0.29) is 5.97 Å². The molecule has 100 valence electrons. The molecular formula is C13H13BrN2O2S. The van der Waals surface area contributed by atoms with Gasteiger partial charge in [-0.2, -0.15) is 0 Å². The van der Waals surface area contributed by atoms with Crippen molar-refractivity contribution < 1.29 is 9.53 Å². The number of rotatable bonds is 4. The number of carbonyl (C=O) groups excluding carboxylic acids is 1. The molecule has 0 spiro atoms. The molecule has 2 aromatic rings. The van der Waals surface area contributed by atoms with Crippen LogP contribution in [0.1, 0.15) is 23.0 Å². The van der Waals surface area contributed by atoms with Gasteiger partial charge >= 0.3 is 5.97 Å². The molecule has 0 saturated heterocycles. The summed E-state index contributed by atoms with van der Waals surface area (Å²) in [5.74, 6) is -0.369. The lowest BCUT2D eigenvalue weighted by Crippen LogP contribution is -2.13. The molecule has 2 rings (SSSR count). The number of esters is 1. The lowest BCUT2D eigenvalue weighted by atomic mass is 10.2. The normalized spacial score (nSPS) is 10.4. The maximum atomic E-state index is 11.8. The van der Waals surface area contributed by atoms with E-state index in [0.717, 1.165) is 10.0 Å². The van der Waals surface area contributed by atoms with Crippen molar-refractivity contribution in [1.29, 1.82) is 0 Å². The Bertz CT molecular complexity index is 631. The van der Waals surface area contributed by atoms with Crippen LogP contribution in [0.5, 0.6) is 0 Å². The molecule has 0 amide bonds. The molecule has 1 aromatic heterocycles. The predicted molar refractivity (Wildman–Crippen MR) is 78.8 cm³/mol. The van der Waals surface area contributed by atoms with Crippen molar-refractivity contribution in [3.05, 3.63) is 51.0 Å². The van der Waals surface area contributed by atoms with Crippen LogP contribution in [0.3, 0.4) is 0 Å². The number of ether oxygens (including phenoxy) is 1. The van der Waals surface area contributed by atoms with Crippen LogP contribution >= 0.6 is 28.1 Å². The SMILES string of the molecule is CCOC(=O)c1c[nH]c(=S)n1Cc1ccc(Br)cc1. The summed E-state index contributed by atoms with van der Waals surface area (Å²) in [4.78, 5) is 14.7. The van der Waals surface area contributed by atoms with Gasteiger partial charge in [-0.25, -0.2) is 4.79 Å². The lowest BCUT2D eigenvalue weighted by Gasteiger charge is -2.08. The molecule has 0 radical (unpaired) electrons. The summed E-state index contributed by atoms with van der Waals surface area (Å²) >= 11 is 8.58. The topological polar surface area (TPSA) is 47.0 Å². The van der Waals surface area contributed by atoms with Crippen molar-refractivity contribution in [1.82, 2.24) is 9.55 Å². The van der Waals surface area contributed by atoms with Crippen molar-refractivity contribution in [2.45, 2.75) is 13.5 Å². The number of nitrogens with one attached hydrogen (secondary N) is 1. The highest BCUT2D eigenvalue weighted by Gasteiger charge is 2.14. The number of carbonyl (C=O) groups is 1. The van der Waals surface area contributed by atoms with Crippen LogP contribution in [0.25, 0.3) is 0 Å². The molecule has 1 heterocycles. The molecule has 1 aromatic carbocycles. The van der Waals surface area contributed by atoms with E-state index in [1.807, 2.05) is 24.3 Å². The van der Waals surface area contributed by atoms with E-state index in [1.165, 1.54) is 0 Å². The number of H-pyrrole nitrogens is 1. The van der Waals surface area contributed by atoms with Crippen molar-refractivity contribution in [2.24, 2.45) is 0 Å². The third kappa shape index (κ3) is 3.33. The molecule has 0 atom stereocenters. The molecule has 1 N–H and O–H groups in total. The molecular weight excluding hydrogens is 328 g/mol. The Morgan fingerprint density at radius 1 is 1.42 bits per heavy atom. The van der Waals surface area contributed by atoms with Crippen molar-refractivity contribution in [2.75, 3.05) is 6.61 Å². The number of aromatic nitrogens is 2. The number of nitrogens with zero attached hydrogens (tertiary/aromatic N) is 1. The van der Waals surface area contributed by atoms with Gasteiger partial charge < -0.3 is 14.3 Å². The first-order chi connectivity index (χ1) is 9.11. The van der Waals surface area contributed by atoms with E-state index in [0.29, 0.717) is 23.6 Å². The highest BCUT2D eigenvalue weighted by atomic mass is 79.9. The number of imidazole rings is 1. The van der Waals surface area contributed by atoms with Gasteiger partial charge in [0.2, 0.25) is 0 Å². The minimum absolute atomic E-state index is 0.342. The molecule has 0 fully saturated rings. The maximum absolute atomic E-state index is 11.8. The molecule has 4 nitrogen and oxygen atoms in total. The van der Waals surface area contributed by atoms with Crippen LogP contribution in [-0.4, -0.2) is 22.1 Å². The largest absolute Gasteiger partial charge is 0.461 e. The number of halogens is 1. The Morgan fingerprint density at radius 3 is 2.74 bits per heavy atom. The highest BCUT2D eigenvalue weighted by molar-refractivity contribution is 9.10.